The fourth-order valence-electron chi connectivity index (χ4n) is 1.83. The van der Waals surface area contributed by atoms with E-state index in [0.29, 0.717) is 5.95 Å². The Morgan fingerprint density at radius 1 is 1.17 bits per heavy atom. The molecule has 0 radical (unpaired) electrons. The van der Waals surface area contributed by atoms with Crippen molar-refractivity contribution in [2.75, 3.05) is 5.73 Å². The van der Waals surface area contributed by atoms with Gasteiger partial charge in [0.15, 0.2) is 0 Å². The lowest BCUT2D eigenvalue weighted by Gasteiger charge is -2.00. The average Bonchev–Trinajstić information content (AvgIpc) is 2.69. The first-order valence-electron chi connectivity index (χ1n) is 5.57. The molecular weight excluding hydrogens is 244 g/mol. The van der Waals surface area contributed by atoms with Gasteiger partial charge in [0.1, 0.15) is 5.03 Å². The number of nitrogens with zero attached hydrogens (tertiary/aromatic N) is 2. The molecule has 0 spiro atoms. The molecule has 0 amide bonds. The SMILES string of the molecule is Cc1cc(Sc2cc3ccccc3[nH]2)nc(N)n1. The van der Waals surface area contributed by atoms with Gasteiger partial charge < -0.3 is 10.7 Å². The zero-order valence-corrected chi connectivity index (χ0v) is 10.7. The molecule has 0 aliphatic heterocycles. The number of rotatable bonds is 2. The summed E-state index contributed by atoms with van der Waals surface area (Å²) in [6.45, 7) is 1.91. The first kappa shape index (κ1) is 11.1. The number of hydrogen-bond acceptors (Lipinski definition) is 4. The Bertz CT molecular complexity index is 652. The Labute approximate surface area is 109 Å². The summed E-state index contributed by atoms with van der Waals surface area (Å²) in [5.41, 5.74) is 7.64. The summed E-state index contributed by atoms with van der Waals surface area (Å²) in [7, 11) is 0. The smallest absolute Gasteiger partial charge is 0.221 e. The van der Waals surface area contributed by atoms with Crippen molar-refractivity contribution in [1.29, 1.82) is 0 Å². The van der Waals surface area contributed by atoms with Gasteiger partial charge in [-0.25, -0.2) is 9.97 Å². The van der Waals surface area contributed by atoms with E-state index in [1.165, 1.54) is 5.39 Å². The predicted octanol–water partition coefficient (Wildman–Crippen LogP) is 3.00. The standard InChI is InChI=1S/C13H12N4S/c1-8-6-11(17-13(14)15-8)18-12-7-9-4-2-3-5-10(9)16-12/h2-7,16H,1H3,(H2,14,15,17). The maximum Gasteiger partial charge on any atom is 0.221 e. The van der Waals surface area contributed by atoms with E-state index in [1.54, 1.807) is 11.8 Å². The number of aryl methyl sites for hydroxylation is 1. The van der Waals surface area contributed by atoms with Crippen molar-refractivity contribution in [3.63, 3.8) is 0 Å². The van der Waals surface area contributed by atoms with Crippen LogP contribution >= 0.6 is 11.8 Å². The number of aromatic amines is 1. The molecule has 18 heavy (non-hydrogen) atoms. The van der Waals surface area contributed by atoms with Crippen LogP contribution in [0.3, 0.4) is 0 Å². The van der Waals surface area contributed by atoms with E-state index in [0.717, 1.165) is 21.3 Å². The van der Waals surface area contributed by atoms with Gasteiger partial charge in [-0.1, -0.05) is 30.0 Å². The van der Waals surface area contributed by atoms with Gasteiger partial charge in [0.25, 0.3) is 0 Å². The van der Waals surface area contributed by atoms with Crippen molar-refractivity contribution in [2.24, 2.45) is 0 Å². The summed E-state index contributed by atoms with van der Waals surface area (Å²) in [6.07, 6.45) is 0. The number of benzene rings is 1. The van der Waals surface area contributed by atoms with Crippen LogP contribution in [0.25, 0.3) is 10.9 Å². The molecule has 0 saturated heterocycles. The Hall–Kier alpha value is -2.01. The van der Waals surface area contributed by atoms with E-state index < -0.39 is 0 Å². The monoisotopic (exact) mass is 256 g/mol. The highest BCUT2D eigenvalue weighted by atomic mass is 32.2. The summed E-state index contributed by atoms with van der Waals surface area (Å²) in [6, 6.07) is 12.2. The third-order valence-electron chi connectivity index (χ3n) is 2.57. The molecule has 3 aromatic rings. The molecule has 0 saturated carbocycles. The van der Waals surface area contributed by atoms with Crippen molar-refractivity contribution < 1.29 is 0 Å². The maximum absolute atomic E-state index is 5.64. The maximum atomic E-state index is 5.64. The summed E-state index contributed by atoms with van der Waals surface area (Å²) < 4.78 is 0. The zero-order chi connectivity index (χ0) is 12.5. The molecule has 3 rings (SSSR count). The molecule has 0 aliphatic carbocycles. The molecule has 0 aliphatic rings. The van der Waals surface area contributed by atoms with Crippen LogP contribution in [-0.4, -0.2) is 15.0 Å². The number of fused-ring (bicyclic) bond motifs is 1. The number of anilines is 1. The normalized spacial score (nSPS) is 10.9. The van der Waals surface area contributed by atoms with Gasteiger partial charge >= 0.3 is 0 Å². The molecule has 2 aromatic heterocycles. The Morgan fingerprint density at radius 3 is 2.78 bits per heavy atom. The summed E-state index contributed by atoms with van der Waals surface area (Å²) in [5.74, 6) is 0.314. The summed E-state index contributed by atoms with van der Waals surface area (Å²) in [5, 5.41) is 3.10. The lowest BCUT2D eigenvalue weighted by atomic mass is 10.3. The van der Waals surface area contributed by atoms with Crippen LogP contribution in [0.1, 0.15) is 5.69 Å². The van der Waals surface area contributed by atoms with Gasteiger partial charge in [-0.3, -0.25) is 0 Å². The largest absolute Gasteiger partial charge is 0.368 e. The van der Waals surface area contributed by atoms with Crippen molar-refractivity contribution in [3.05, 3.63) is 42.1 Å². The molecule has 90 valence electrons. The summed E-state index contributed by atoms with van der Waals surface area (Å²) in [4.78, 5) is 11.6. The van der Waals surface area contributed by atoms with Crippen LogP contribution in [0.5, 0.6) is 0 Å². The van der Waals surface area contributed by atoms with Crippen molar-refractivity contribution in [1.82, 2.24) is 15.0 Å². The minimum Gasteiger partial charge on any atom is -0.368 e. The van der Waals surface area contributed by atoms with E-state index in [9.17, 15) is 0 Å². The molecule has 0 unspecified atom stereocenters. The second-order valence-electron chi connectivity index (χ2n) is 4.03. The van der Waals surface area contributed by atoms with Crippen molar-refractivity contribution >= 4 is 28.6 Å². The highest BCUT2D eigenvalue weighted by Gasteiger charge is 2.05. The second-order valence-corrected chi connectivity index (χ2v) is 5.09. The highest BCUT2D eigenvalue weighted by molar-refractivity contribution is 7.99. The zero-order valence-electron chi connectivity index (χ0n) is 9.84. The van der Waals surface area contributed by atoms with E-state index in [4.69, 9.17) is 5.73 Å². The molecule has 0 bridgehead atoms. The van der Waals surface area contributed by atoms with Crippen LogP contribution in [0.15, 0.2) is 46.5 Å². The minimum absolute atomic E-state index is 0.314. The van der Waals surface area contributed by atoms with Crippen LogP contribution in [0, 0.1) is 6.92 Å². The second kappa shape index (κ2) is 4.34. The van der Waals surface area contributed by atoms with Gasteiger partial charge in [0.2, 0.25) is 5.95 Å². The molecule has 2 heterocycles. The van der Waals surface area contributed by atoms with E-state index in [2.05, 4.69) is 33.2 Å². The van der Waals surface area contributed by atoms with E-state index in [-0.39, 0.29) is 0 Å². The minimum atomic E-state index is 0.314. The number of para-hydroxylation sites is 1. The molecule has 5 heteroatoms. The van der Waals surface area contributed by atoms with Crippen LogP contribution < -0.4 is 5.73 Å². The molecule has 4 nitrogen and oxygen atoms in total. The van der Waals surface area contributed by atoms with E-state index in [1.807, 2.05) is 25.1 Å². The number of aromatic nitrogens is 3. The first-order valence-corrected chi connectivity index (χ1v) is 6.39. The Kier molecular flexibility index (Phi) is 2.68. The van der Waals surface area contributed by atoms with Crippen molar-refractivity contribution in [2.45, 2.75) is 17.0 Å². The highest BCUT2D eigenvalue weighted by Crippen LogP contribution is 2.28. The number of nitrogens with two attached hydrogens (primary N) is 1. The fourth-order valence-corrected chi connectivity index (χ4v) is 2.77. The molecule has 1 aromatic carbocycles. The molecule has 0 atom stereocenters. The predicted molar refractivity (Wildman–Crippen MR) is 73.6 cm³/mol. The van der Waals surface area contributed by atoms with Crippen LogP contribution in [-0.2, 0) is 0 Å². The third kappa shape index (κ3) is 2.17. The van der Waals surface area contributed by atoms with E-state index >= 15 is 0 Å². The molecule has 3 N–H and O–H groups in total. The Morgan fingerprint density at radius 2 is 2.00 bits per heavy atom. The van der Waals surface area contributed by atoms with Gasteiger partial charge in [-0.05, 0) is 25.1 Å². The molecular formula is C13H12N4S. The van der Waals surface area contributed by atoms with Gasteiger partial charge in [-0.15, -0.1) is 0 Å². The number of nitrogens with one attached hydrogen (secondary N) is 1. The summed E-state index contributed by atoms with van der Waals surface area (Å²) >= 11 is 1.55. The molecule has 0 fully saturated rings. The average molecular weight is 256 g/mol. The number of H-pyrrole nitrogens is 1. The number of nitrogen functional groups attached to an aromatic ring is 1. The van der Waals surface area contributed by atoms with Gasteiger partial charge in [0, 0.05) is 16.6 Å². The Balaban J connectivity index is 1.96. The van der Waals surface area contributed by atoms with Gasteiger partial charge in [0.05, 0.1) is 5.03 Å². The first-order chi connectivity index (χ1) is 8.70. The van der Waals surface area contributed by atoms with Gasteiger partial charge in [-0.2, -0.15) is 0 Å². The fraction of sp³-hybridized carbons (Fsp3) is 0.0769. The lowest BCUT2D eigenvalue weighted by Crippen LogP contribution is -1.97. The van der Waals surface area contributed by atoms with Crippen LogP contribution in [0.4, 0.5) is 5.95 Å². The quantitative estimate of drug-likeness (QED) is 0.692. The number of hydrogen-bond donors (Lipinski definition) is 2. The lowest BCUT2D eigenvalue weighted by molar-refractivity contribution is 1.02. The van der Waals surface area contributed by atoms with Crippen LogP contribution in [0.2, 0.25) is 0 Å². The third-order valence-corrected chi connectivity index (χ3v) is 3.43. The van der Waals surface area contributed by atoms with Crippen molar-refractivity contribution in [3.8, 4) is 0 Å². The topological polar surface area (TPSA) is 67.6 Å².